The minimum absolute atomic E-state index is 0.0141. The molecule has 2 heterocycles. The molecule has 0 atom stereocenters. The third kappa shape index (κ3) is 3.01. The van der Waals surface area contributed by atoms with E-state index in [4.69, 9.17) is 5.11 Å². The number of hydrogen-bond acceptors (Lipinski definition) is 5. The Morgan fingerprint density at radius 2 is 2.24 bits per heavy atom. The fourth-order valence-corrected chi connectivity index (χ4v) is 2.32. The number of aromatic carboxylic acids is 1. The van der Waals surface area contributed by atoms with E-state index in [0.29, 0.717) is 0 Å². The fraction of sp³-hybridized carbons (Fsp3) is 0. The Labute approximate surface area is 109 Å². The van der Waals surface area contributed by atoms with Gasteiger partial charge >= 0.3 is 5.97 Å². The van der Waals surface area contributed by atoms with Crippen LogP contribution in [0, 0.1) is 0 Å². The van der Waals surface area contributed by atoms with Crippen LogP contribution in [0.15, 0.2) is 45.2 Å². The maximum Gasteiger partial charge on any atom is 0.354 e. The summed E-state index contributed by atoms with van der Waals surface area (Å²) in [5, 5.41) is 9.55. The van der Waals surface area contributed by atoms with Gasteiger partial charge < -0.3 is 5.11 Å². The van der Waals surface area contributed by atoms with E-state index in [1.54, 1.807) is 12.3 Å². The molecule has 7 heteroatoms. The fourth-order valence-electron chi connectivity index (χ4n) is 1.08. The summed E-state index contributed by atoms with van der Waals surface area (Å²) in [6.45, 7) is 0. The van der Waals surface area contributed by atoms with Gasteiger partial charge in [-0.25, -0.2) is 19.7 Å². The highest BCUT2D eigenvalue weighted by molar-refractivity contribution is 9.10. The molecule has 0 unspecified atom stereocenters. The number of rotatable bonds is 3. The Hall–Kier alpha value is -1.47. The van der Waals surface area contributed by atoms with Crippen molar-refractivity contribution in [1.82, 2.24) is 15.0 Å². The molecule has 2 aromatic heterocycles. The average Bonchev–Trinajstić information content (AvgIpc) is 2.32. The van der Waals surface area contributed by atoms with Crippen molar-refractivity contribution in [2.75, 3.05) is 0 Å². The quantitative estimate of drug-likeness (QED) is 0.878. The molecule has 0 fully saturated rings. The van der Waals surface area contributed by atoms with Crippen LogP contribution in [0.5, 0.6) is 0 Å². The topological polar surface area (TPSA) is 76.0 Å². The maximum absolute atomic E-state index is 10.8. The van der Waals surface area contributed by atoms with Gasteiger partial charge in [-0.2, -0.15) is 0 Å². The predicted molar refractivity (Wildman–Crippen MR) is 65.1 cm³/mol. The van der Waals surface area contributed by atoms with Crippen LogP contribution < -0.4 is 0 Å². The van der Waals surface area contributed by atoms with E-state index in [-0.39, 0.29) is 5.69 Å². The van der Waals surface area contributed by atoms with Crippen molar-refractivity contribution in [3.05, 3.63) is 41.0 Å². The lowest BCUT2D eigenvalue weighted by Crippen LogP contribution is -1.99. The molecule has 0 radical (unpaired) electrons. The van der Waals surface area contributed by atoms with E-state index in [9.17, 15) is 4.79 Å². The standard InChI is InChI=1S/C10H6BrN3O2S/c11-7-4-12-5-14-9(7)17-6-1-2-13-8(3-6)10(15)16/h1-5H,(H,15,16). The minimum Gasteiger partial charge on any atom is -0.477 e. The van der Waals surface area contributed by atoms with Gasteiger partial charge in [-0.3, -0.25) is 0 Å². The Morgan fingerprint density at radius 3 is 2.94 bits per heavy atom. The monoisotopic (exact) mass is 311 g/mol. The molecule has 0 saturated heterocycles. The lowest BCUT2D eigenvalue weighted by Gasteiger charge is -2.02. The molecule has 1 N–H and O–H groups in total. The molecule has 0 aromatic carbocycles. The predicted octanol–water partition coefficient (Wildman–Crippen LogP) is 2.48. The van der Waals surface area contributed by atoms with Crippen LogP contribution >= 0.6 is 27.7 Å². The van der Waals surface area contributed by atoms with E-state index in [1.807, 2.05) is 0 Å². The Balaban J connectivity index is 2.28. The van der Waals surface area contributed by atoms with Crippen molar-refractivity contribution < 1.29 is 9.90 Å². The average molecular weight is 312 g/mol. The molecule has 86 valence electrons. The first-order valence-electron chi connectivity index (χ1n) is 4.49. The second-order valence-electron chi connectivity index (χ2n) is 2.96. The van der Waals surface area contributed by atoms with Gasteiger partial charge in [0.15, 0.2) is 0 Å². The van der Waals surface area contributed by atoms with Crippen molar-refractivity contribution in [2.24, 2.45) is 0 Å². The summed E-state index contributed by atoms with van der Waals surface area (Å²) in [5.74, 6) is -1.05. The first-order valence-corrected chi connectivity index (χ1v) is 6.10. The molecule has 0 aliphatic rings. The highest BCUT2D eigenvalue weighted by atomic mass is 79.9. The van der Waals surface area contributed by atoms with E-state index >= 15 is 0 Å². The molecule has 2 rings (SSSR count). The van der Waals surface area contributed by atoms with Crippen LogP contribution in [0.1, 0.15) is 10.5 Å². The van der Waals surface area contributed by atoms with Gasteiger partial charge in [-0.05, 0) is 28.1 Å². The number of nitrogens with zero attached hydrogens (tertiary/aromatic N) is 3. The van der Waals surface area contributed by atoms with Gasteiger partial charge in [0.25, 0.3) is 0 Å². The van der Waals surface area contributed by atoms with Gasteiger partial charge in [-0.15, -0.1) is 0 Å². The van der Waals surface area contributed by atoms with Gasteiger partial charge in [0.1, 0.15) is 17.0 Å². The van der Waals surface area contributed by atoms with Crippen LogP contribution in [0.4, 0.5) is 0 Å². The first kappa shape index (κ1) is 12.0. The number of carbonyl (C=O) groups is 1. The van der Waals surface area contributed by atoms with E-state index in [0.717, 1.165) is 14.4 Å². The highest BCUT2D eigenvalue weighted by Gasteiger charge is 2.08. The molecular formula is C10H6BrN3O2S. The zero-order chi connectivity index (χ0) is 12.3. The summed E-state index contributed by atoms with van der Waals surface area (Å²) in [5.41, 5.74) is 0.0141. The Kier molecular flexibility index (Phi) is 3.70. The molecular weight excluding hydrogens is 306 g/mol. The summed E-state index contributed by atoms with van der Waals surface area (Å²) < 4.78 is 0.763. The third-order valence-electron chi connectivity index (χ3n) is 1.80. The van der Waals surface area contributed by atoms with Crippen molar-refractivity contribution in [1.29, 1.82) is 0 Å². The second-order valence-corrected chi connectivity index (χ2v) is 4.88. The summed E-state index contributed by atoms with van der Waals surface area (Å²) >= 11 is 4.67. The lowest BCUT2D eigenvalue weighted by molar-refractivity contribution is 0.0690. The number of hydrogen-bond donors (Lipinski definition) is 1. The number of carboxylic acid groups (broad SMARTS) is 1. The van der Waals surface area contributed by atoms with Crippen molar-refractivity contribution in [2.45, 2.75) is 9.92 Å². The molecule has 5 nitrogen and oxygen atoms in total. The Bertz CT molecular complexity index is 565. The van der Waals surface area contributed by atoms with E-state index in [1.165, 1.54) is 30.4 Å². The molecule has 0 aliphatic heterocycles. The number of halogens is 1. The lowest BCUT2D eigenvalue weighted by atomic mass is 10.3. The molecule has 0 spiro atoms. The second kappa shape index (κ2) is 5.24. The number of aromatic nitrogens is 3. The largest absolute Gasteiger partial charge is 0.477 e. The van der Waals surface area contributed by atoms with Crippen molar-refractivity contribution in [3.8, 4) is 0 Å². The first-order chi connectivity index (χ1) is 8.16. The van der Waals surface area contributed by atoms with Crippen LogP contribution in [-0.2, 0) is 0 Å². The minimum atomic E-state index is -1.05. The summed E-state index contributed by atoms with van der Waals surface area (Å²) in [6.07, 6.45) is 4.53. The molecule has 0 aliphatic carbocycles. The summed E-state index contributed by atoms with van der Waals surface area (Å²) in [6, 6.07) is 3.23. The third-order valence-corrected chi connectivity index (χ3v) is 3.65. The van der Waals surface area contributed by atoms with Crippen LogP contribution in [0.25, 0.3) is 0 Å². The SMILES string of the molecule is O=C(O)c1cc(Sc2ncncc2Br)ccn1. The normalized spacial score (nSPS) is 10.2. The van der Waals surface area contributed by atoms with Gasteiger partial charge in [0.2, 0.25) is 0 Å². The van der Waals surface area contributed by atoms with Crippen LogP contribution in [0.3, 0.4) is 0 Å². The summed E-state index contributed by atoms with van der Waals surface area (Å²) in [4.78, 5) is 23.2. The zero-order valence-electron chi connectivity index (χ0n) is 8.37. The molecule has 0 bridgehead atoms. The van der Waals surface area contributed by atoms with Crippen LogP contribution in [-0.4, -0.2) is 26.0 Å². The Morgan fingerprint density at radius 1 is 1.41 bits per heavy atom. The smallest absolute Gasteiger partial charge is 0.354 e. The van der Waals surface area contributed by atoms with Crippen molar-refractivity contribution >= 4 is 33.7 Å². The zero-order valence-corrected chi connectivity index (χ0v) is 10.8. The van der Waals surface area contributed by atoms with Crippen molar-refractivity contribution in [3.63, 3.8) is 0 Å². The highest BCUT2D eigenvalue weighted by Crippen LogP contribution is 2.30. The molecule has 0 saturated carbocycles. The van der Waals surface area contributed by atoms with Gasteiger partial charge in [0, 0.05) is 17.3 Å². The van der Waals surface area contributed by atoms with E-state index < -0.39 is 5.97 Å². The maximum atomic E-state index is 10.8. The molecule has 17 heavy (non-hydrogen) atoms. The number of pyridine rings is 1. The summed E-state index contributed by atoms with van der Waals surface area (Å²) in [7, 11) is 0. The molecule has 2 aromatic rings. The van der Waals surface area contributed by atoms with Gasteiger partial charge in [-0.1, -0.05) is 11.8 Å². The number of carboxylic acids is 1. The van der Waals surface area contributed by atoms with Gasteiger partial charge in [0.05, 0.1) is 4.47 Å². The van der Waals surface area contributed by atoms with E-state index in [2.05, 4.69) is 30.9 Å². The van der Waals surface area contributed by atoms with Crippen LogP contribution in [0.2, 0.25) is 0 Å². The molecule has 0 amide bonds.